The molecule has 0 radical (unpaired) electrons. The smallest absolute Gasteiger partial charge is 0.243 e. The Morgan fingerprint density at radius 1 is 1.56 bits per heavy atom. The summed E-state index contributed by atoms with van der Waals surface area (Å²) in [5, 5.41) is 2.71. The van der Waals surface area contributed by atoms with Gasteiger partial charge in [0.2, 0.25) is 5.91 Å². The summed E-state index contributed by atoms with van der Waals surface area (Å²) >= 11 is 5.67. The van der Waals surface area contributed by atoms with Crippen molar-refractivity contribution in [1.82, 2.24) is 0 Å². The summed E-state index contributed by atoms with van der Waals surface area (Å²) in [5.41, 5.74) is 1.28. The number of halogens is 2. The number of hydrogen-bond acceptors (Lipinski definition) is 2. The normalized spacial score (nSPS) is 14.7. The van der Waals surface area contributed by atoms with Crippen molar-refractivity contribution in [1.29, 1.82) is 0 Å². The van der Waals surface area contributed by atoms with Crippen molar-refractivity contribution >= 4 is 28.9 Å². The summed E-state index contributed by atoms with van der Waals surface area (Å²) in [7, 11) is 0. The first kappa shape index (κ1) is 11.2. The highest BCUT2D eigenvalue weighted by Crippen LogP contribution is 2.33. The Hall–Kier alpha value is -1.29. The maximum absolute atomic E-state index is 13.3. The molecule has 1 aromatic rings. The minimum absolute atomic E-state index is 0.0254. The zero-order valence-corrected chi connectivity index (χ0v) is 9.64. The quantitative estimate of drug-likeness (QED) is 0.865. The third-order valence-corrected chi connectivity index (χ3v) is 2.77. The van der Waals surface area contributed by atoms with Crippen LogP contribution in [0.5, 0.6) is 0 Å². The van der Waals surface area contributed by atoms with Gasteiger partial charge in [-0.3, -0.25) is 4.79 Å². The van der Waals surface area contributed by atoms with Crippen molar-refractivity contribution in [2.45, 2.75) is 13.3 Å². The lowest BCUT2D eigenvalue weighted by Crippen LogP contribution is -2.38. The van der Waals surface area contributed by atoms with Gasteiger partial charge in [0.15, 0.2) is 0 Å². The number of hydrogen-bond donors (Lipinski definition) is 1. The van der Waals surface area contributed by atoms with Crippen LogP contribution >= 0.6 is 11.6 Å². The molecule has 1 aromatic carbocycles. The van der Waals surface area contributed by atoms with E-state index >= 15 is 0 Å². The highest BCUT2D eigenvalue weighted by Gasteiger charge is 2.22. The molecule has 1 amide bonds. The van der Waals surface area contributed by atoms with Crippen LogP contribution in [-0.2, 0) is 4.79 Å². The minimum Gasteiger partial charge on any atom is -0.360 e. The van der Waals surface area contributed by atoms with Gasteiger partial charge in [-0.1, -0.05) is 18.5 Å². The number of nitrogens with zero attached hydrogens (tertiary/aromatic N) is 1. The Bertz CT molecular complexity index is 436. The number of amides is 1. The highest BCUT2D eigenvalue weighted by molar-refractivity contribution is 6.31. The highest BCUT2D eigenvalue weighted by atomic mass is 35.5. The van der Waals surface area contributed by atoms with Gasteiger partial charge in [0, 0.05) is 12.6 Å². The molecule has 0 saturated heterocycles. The van der Waals surface area contributed by atoms with Gasteiger partial charge in [0.1, 0.15) is 5.82 Å². The van der Waals surface area contributed by atoms with Gasteiger partial charge in [0.05, 0.1) is 22.9 Å². The first-order valence-electron chi connectivity index (χ1n) is 5.15. The maximum atomic E-state index is 13.3. The Kier molecular flexibility index (Phi) is 3.01. The lowest BCUT2D eigenvalue weighted by atomic mass is 10.2. The van der Waals surface area contributed by atoms with Gasteiger partial charge < -0.3 is 10.2 Å². The van der Waals surface area contributed by atoms with Crippen LogP contribution < -0.4 is 10.2 Å². The van der Waals surface area contributed by atoms with Crippen molar-refractivity contribution < 1.29 is 9.18 Å². The second-order valence-corrected chi connectivity index (χ2v) is 4.16. The fraction of sp³-hybridized carbons (Fsp3) is 0.364. The van der Waals surface area contributed by atoms with Crippen molar-refractivity contribution in [3.05, 3.63) is 23.0 Å². The van der Waals surface area contributed by atoms with Gasteiger partial charge >= 0.3 is 0 Å². The van der Waals surface area contributed by atoms with Gasteiger partial charge in [0.25, 0.3) is 0 Å². The number of nitrogens with one attached hydrogen (secondary N) is 1. The van der Waals surface area contributed by atoms with Crippen LogP contribution in [0.3, 0.4) is 0 Å². The van der Waals surface area contributed by atoms with E-state index in [9.17, 15) is 9.18 Å². The lowest BCUT2D eigenvalue weighted by molar-refractivity contribution is -0.115. The number of carbonyl (C=O) groups is 1. The van der Waals surface area contributed by atoms with Crippen LogP contribution in [0, 0.1) is 5.82 Å². The summed E-state index contributed by atoms with van der Waals surface area (Å²) < 4.78 is 13.3. The van der Waals surface area contributed by atoms with E-state index in [4.69, 9.17) is 11.6 Å². The SMILES string of the molecule is CCCN1CC(=O)Nc2cc(Cl)c(F)cc21. The molecule has 0 unspecified atom stereocenters. The number of anilines is 2. The van der Waals surface area contributed by atoms with Crippen LogP contribution in [0.15, 0.2) is 12.1 Å². The third-order valence-electron chi connectivity index (χ3n) is 2.48. The Morgan fingerprint density at radius 3 is 3.00 bits per heavy atom. The van der Waals surface area contributed by atoms with E-state index in [1.807, 2.05) is 11.8 Å². The molecule has 0 aliphatic carbocycles. The number of rotatable bonds is 2. The van der Waals surface area contributed by atoms with E-state index < -0.39 is 5.82 Å². The van der Waals surface area contributed by atoms with Crippen molar-refractivity contribution in [2.24, 2.45) is 0 Å². The largest absolute Gasteiger partial charge is 0.360 e. The number of benzene rings is 1. The Morgan fingerprint density at radius 2 is 2.31 bits per heavy atom. The lowest BCUT2D eigenvalue weighted by Gasteiger charge is -2.30. The molecule has 3 nitrogen and oxygen atoms in total. The molecule has 0 saturated carbocycles. The molecule has 0 spiro atoms. The first-order chi connectivity index (χ1) is 7.61. The molecule has 1 heterocycles. The van der Waals surface area contributed by atoms with Crippen LogP contribution in [-0.4, -0.2) is 19.0 Å². The maximum Gasteiger partial charge on any atom is 0.243 e. The van der Waals surface area contributed by atoms with E-state index in [1.54, 1.807) is 0 Å². The van der Waals surface area contributed by atoms with Crippen LogP contribution in [0.1, 0.15) is 13.3 Å². The fourth-order valence-corrected chi connectivity index (χ4v) is 1.98. The molecular weight excluding hydrogens is 231 g/mol. The minimum atomic E-state index is -0.460. The molecule has 1 aliphatic rings. The molecule has 16 heavy (non-hydrogen) atoms. The predicted octanol–water partition coefficient (Wildman–Crippen LogP) is 2.65. The fourth-order valence-electron chi connectivity index (χ4n) is 1.82. The number of fused-ring (bicyclic) bond motifs is 1. The molecule has 0 fully saturated rings. The second kappa shape index (κ2) is 4.29. The van der Waals surface area contributed by atoms with Crippen molar-refractivity contribution in [3.63, 3.8) is 0 Å². The summed E-state index contributed by atoms with van der Waals surface area (Å²) in [5.74, 6) is -0.554. The van der Waals surface area contributed by atoms with Gasteiger partial charge in [-0.15, -0.1) is 0 Å². The molecule has 86 valence electrons. The third kappa shape index (κ3) is 1.97. The molecule has 5 heteroatoms. The molecule has 1 N–H and O–H groups in total. The predicted molar refractivity (Wildman–Crippen MR) is 62.5 cm³/mol. The van der Waals surface area contributed by atoms with Gasteiger partial charge in [-0.05, 0) is 12.5 Å². The summed E-state index contributed by atoms with van der Waals surface area (Å²) in [6, 6.07) is 2.82. The molecule has 0 aromatic heterocycles. The molecule has 0 atom stereocenters. The van der Waals surface area contributed by atoms with Crippen LogP contribution in [0.25, 0.3) is 0 Å². The van der Waals surface area contributed by atoms with Crippen LogP contribution in [0.2, 0.25) is 5.02 Å². The van der Waals surface area contributed by atoms with E-state index in [2.05, 4.69) is 5.32 Å². The van der Waals surface area contributed by atoms with Gasteiger partial charge in [-0.25, -0.2) is 4.39 Å². The van der Waals surface area contributed by atoms with Gasteiger partial charge in [-0.2, -0.15) is 0 Å². The average molecular weight is 243 g/mol. The summed E-state index contributed by atoms with van der Waals surface area (Å²) in [6.45, 7) is 3.00. The zero-order chi connectivity index (χ0) is 11.7. The van der Waals surface area contributed by atoms with E-state index in [0.29, 0.717) is 11.4 Å². The monoisotopic (exact) mass is 242 g/mol. The Labute approximate surface area is 98.2 Å². The number of carbonyl (C=O) groups excluding carboxylic acids is 1. The molecule has 1 aliphatic heterocycles. The second-order valence-electron chi connectivity index (χ2n) is 3.75. The van der Waals surface area contributed by atoms with E-state index in [-0.39, 0.29) is 17.5 Å². The molecule has 2 rings (SSSR count). The van der Waals surface area contributed by atoms with Crippen LogP contribution in [0.4, 0.5) is 15.8 Å². The molecular formula is C11H12ClFN2O. The first-order valence-corrected chi connectivity index (χ1v) is 5.53. The van der Waals surface area contributed by atoms with Crippen molar-refractivity contribution in [3.8, 4) is 0 Å². The standard InChI is InChI=1S/C11H12ClFN2O/c1-2-3-15-6-11(16)14-9-4-7(12)8(13)5-10(9)15/h4-5H,2-3,6H2,1H3,(H,14,16). The Balaban J connectivity index is 2.44. The zero-order valence-electron chi connectivity index (χ0n) is 8.89. The average Bonchev–Trinajstić information content (AvgIpc) is 2.21. The topological polar surface area (TPSA) is 32.3 Å². The van der Waals surface area contributed by atoms with E-state index in [1.165, 1.54) is 12.1 Å². The van der Waals surface area contributed by atoms with E-state index in [0.717, 1.165) is 13.0 Å². The van der Waals surface area contributed by atoms with Crippen molar-refractivity contribution in [2.75, 3.05) is 23.3 Å². The molecule has 0 bridgehead atoms. The summed E-state index contributed by atoms with van der Waals surface area (Å²) in [6.07, 6.45) is 0.900. The summed E-state index contributed by atoms with van der Waals surface area (Å²) in [4.78, 5) is 13.3.